The van der Waals surface area contributed by atoms with Gasteiger partial charge in [-0.25, -0.2) is 17.9 Å². The zero-order valence-electron chi connectivity index (χ0n) is 11.4. The number of nitrogens with zero attached hydrogens (tertiary/aromatic N) is 1. The molecule has 0 fully saturated rings. The van der Waals surface area contributed by atoms with Crippen molar-refractivity contribution in [3.63, 3.8) is 0 Å². The number of carboxylic acids is 1. The second-order valence-electron chi connectivity index (χ2n) is 4.68. The summed E-state index contributed by atoms with van der Waals surface area (Å²) in [6, 6.07) is 3.25. The first kappa shape index (κ1) is 15.3. The first-order chi connectivity index (χ1) is 9.70. The second-order valence-corrected chi connectivity index (χ2v) is 6.39. The third-order valence-electron chi connectivity index (χ3n) is 2.91. The van der Waals surface area contributed by atoms with Gasteiger partial charge in [-0.05, 0) is 19.1 Å². The number of carboxylic acid groups (broad SMARTS) is 1. The van der Waals surface area contributed by atoms with Crippen molar-refractivity contribution < 1.29 is 22.7 Å². The Balaban J connectivity index is 2.36. The number of hydrogen-bond acceptors (Lipinski definition) is 5. The van der Waals surface area contributed by atoms with E-state index in [0.717, 1.165) is 0 Å². The highest BCUT2D eigenvalue weighted by Crippen LogP contribution is 2.18. The minimum atomic E-state index is -3.88. The SMILES string of the molecule is CC(CC(=O)O)NS(=O)(=O)c1ccc2c(c1)oc(=O)n2C. The van der Waals surface area contributed by atoms with Crippen LogP contribution in [0.4, 0.5) is 0 Å². The number of aromatic nitrogens is 1. The van der Waals surface area contributed by atoms with Gasteiger partial charge >= 0.3 is 11.7 Å². The molecule has 2 N–H and O–H groups in total. The van der Waals surface area contributed by atoms with E-state index in [4.69, 9.17) is 9.52 Å². The normalized spacial score (nSPS) is 13.4. The summed E-state index contributed by atoms with van der Waals surface area (Å²) in [6.45, 7) is 1.45. The van der Waals surface area contributed by atoms with Crippen LogP contribution >= 0.6 is 0 Å². The molecule has 0 aliphatic heterocycles. The van der Waals surface area contributed by atoms with E-state index in [1.54, 1.807) is 0 Å². The van der Waals surface area contributed by atoms with Crippen molar-refractivity contribution >= 4 is 27.1 Å². The lowest BCUT2D eigenvalue weighted by molar-refractivity contribution is -0.137. The predicted octanol–water partition coefficient (Wildman–Crippen LogP) is 0.273. The summed E-state index contributed by atoms with van der Waals surface area (Å²) >= 11 is 0. The monoisotopic (exact) mass is 314 g/mol. The van der Waals surface area contributed by atoms with Crippen LogP contribution in [0.15, 0.2) is 32.3 Å². The van der Waals surface area contributed by atoms with Crippen molar-refractivity contribution in [3.05, 3.63) is 28.7 Å². The molecular formula is C12H14N2O6S. The largest absolute Gasteiger partial charge is 0.481 e. The Morgan fingerprint density at radius 3 is 2.76 bits per heavy atom. The van der Waals surface area contributed by atoms with Crippen molar-refractivity contribution in [2.75, 3.05) is 0 Å². The maximum atomic E-state index is 12.1. The summed E-state index contributed by atoms with van der Waals surface area (Å²) in [5, 5.41) is 8.64. The Morgan fingerprint density at radius 1 is 1.48 bits per heavy atom. The molecule has 1 aromatic heterocycles. The summed E-state index contributed by atoms with van der Waals surface area (Å²) in [5.74, 6) is -1.69. The van der Waals surface area contributed by atoms with Gasteiger partial charge in [-0.2, -0.15) is 0 Å². The maximum absolute atomic E-state index is 12.1. The van der Waals surface area contributed by atoms with Gasteiger partial charge in [-0.1, -0.05) is 0 Å². The van der Waals surface area contributed by atoms with Crippen LogP contribution in [-0.4, -0.2) is 30.1 Å². The van der Waals surface area contributed by atoms with E-state index in [-0.39, 0.29) is 16.9 Å². The molecule has 9 heteroatoms. The molecule has 21 heavy (non-hydrogen) atoms. The average molecular weight is 314 g/mol. The van der Waals surface area contributed by atoms with Gasteiger partial charge in [0.1, 0.15) is 0 Å². The van der Waals surface area contributed by atoms with Gasteiger partial charge in [0.15, 0.2) is 5.58 Å². The Bertz CT molecular complexity index is 848. The third kappa shape index (κ3) is 3.14. The molecule has 2 rings (SSSR count). The summed E-state index contributed by atoms with van der Waals surface area (Å²) in [7, 11) is -2.38. The lowest BCUT2D eigenvalue weighted by atomic mass is 10.3. The number of oxazole rings is 1. The van der Waals surface area contributed by atoms with E-state index in [1.165, 1.54) is 36.7 Å². The van der Waals surface area contributed by atoms with Crippen LogP contribution < -0.4 is 10.5 Å². The molecule has 0 saturated heterocycles. The third-order valence-corrected chi connectivity index (χ3v) is 4.50. The van der Waals surface area contributed by atoms with Gasteiger partial charge in [-0.15, -0.1) is 0 Å². The number of fused-ring (bicyclic) bond motifs is 1. The van der Waals surface area contributed by atoms with Crippen LogP contribution in [0.5, 0.6) is 0 Å². The molecule has 0 bridgehead atoms. The molecule has 8 nitrogen and oxygen atoms in total. The molecule has 0 amide bonds. The number of hydrogen-bond donors (Lipinski definition) is 2. The van der Waals surface area contributed by atoms with Crippen molar-refractivity contribution in [2.24, 2.45) is 7.05 Å². The van der Waals surface area contributed by atoms with Crippen LogP contribution in [0.3, 0.4) is 0 Å². The van der Waals surface area contributed by atoms with Crippen molar-refractivity contribution in [1.82, 2.24) is 9.29 Å². The van der Waals surface area contributed by atoms with Crippen LogP contribution in [0, 0.1) is 0 Å². The van der Waals surface area contributed by atoms with Crippen molar-refractivity contribution in [1.29, 1.82) is 0 Å². The average Bonchev–Trinajstić information content (AvgIpc) is 2.63. The molecule has 1 heterocycles. The minimum Gasteiger partial charge on any atom is -0.481 e. The standard InChI is InChI=1S/C12H14N2O6S/c1-7(5-11(15)16)13-21(18,19)8-3-4-9-10(6-8)20-12(17)14(9)2/h3-4,6-7,13H,5H2,1-2H3,(H,15,16). The number of rotatable bonds is 5. The molecule has 1 atom stereocenters. The van der Waals surface area contributed by atoms with Crippen LogP contribution in [0.1, 0.15) is 13.3 Å². The smallest absolute Gasteiger partial charge is 0.419 e. The van der Waals surface area contributed by atoms with Gasteiger partial charge in [0.2, 0.25) is 10.0 Å². The first-order valence-corrected chi connectivity index (χ1v) is 7.53. The van der Waals surface area contributed by atoms with Gasteiger partial charge in [0, 0.05) is 19.2 Å². The van der Waals surface area contributed by atoms with Crippen molar-refractivity contribution in [2.45, 2.75) is 24.3 Å². The highest BCUT2D eigenvalue weighted by atomic mass is 32.2. The van der Waals surface area contributed by atoms with E-state index in [2.05, 4.69) is 4.72 Å². The molecule has 0 radical (unpaired) electrons. The molecule has 114 valence electrons. The predicted molar refractivity (Wildman–Crippen MR) is 73.5 cm³/mol. The molecule has 0 aliphatic rings. The van der Waals surface area contributed by atoms with Crippen LogP contribution in [0.25, 0.3) is 11.1 Å². The van der Waals surface area contributed by atoms with Crippen LogP contribution in [0.2, 0.25) is 0 Å². The fourth-order valence-electron chi connectivity index (χ4n) is 1.92. The number of nitrogens with one attached hydrogen (secondary N) is 1. The lowest BCUT2D eigenvalue weighted by Crippen LogP contribution is -2.34. The van der Waals surface area contributed by atoms with Gasteiger partial charge in [0.25, 0.3) is 0 Å². The van der Waals surface area contributed by atoms with Crippen molar-refractivity contribution in [3.8, 4) is 0 Å². The number of benzene rings is 1. The fraction of sp³-hybridized carbons (Fsp3) is 0.333. The fourth-order valence-corrected chi connectivity index (χ4v) is 3.18. The Morgan fingerprint density at radius 2 is 2.14 bits per heavy atom. The molecule has 0 saturated carbocycles. The van der Waals surface area contributed by atoms with Crippen LogP contribution in [-0.2, 0) is 21.9 Å². The summed E-state index contributed by atoms with van der Waals surface area (Å²) in [5.41, 5.74) is 0.619. The zero-order valence-corrected chi connectivity index (χ0v) is 12.2. The maximum Gasteiger partial charge on any atom is 0.419 e. The number of carbonyl (C=O) groups is 1. The quantitative estimate of drug-likeness (QED) is 0.818. The van der Waals surface area contributed by atoms with Gasteiger partial charge in [0.05, 0.1) is 16.8 Å². The van der Waals surface area contributed by atoms with E-state index in [0.29, 0.717) is 5.52 Å². The van der Waals surface area contributed by atoms with E-state index < -0.39 is 27.8 Å². The Hall–Kier alpha value is -2.13. The zero-order chi connectivity index (χ0) is 15.8. The van der Waals surface area contributed by atoms with E-state index in [1.807, 2.05) is 0 Å². The molecule has 0 spiro atoms. The number of sulfonamides is 1. The van der Waals surface area contributed by atoms with E-state index in [9.17, 15) is 18.0 Å². The summed E-state index contributed by atoms with van der Waals surface area (Å²) in [4.78, 5) is 21.8. The highest BCUT2D eigenvalue weighted by molar-refractivity contribution is 7.89. The lowest BCUT2D eigenvalue weighted by Gasteiger charge is -2.12. The minimum absolute atomic E-state index is 0.0958. The molecule has 1 unspecified atom stereocenters. The molecule has 0 aliphatic carbocycles. The Labute approximate surface area is 120 Å². The Kier molecular flexibility index (Phi) is 3.88. The highest BCUT2D eigenvalue weighted by Gasteiger charge is 2.20. The molecular weight excluding hydrogens is 300 g/mol. The summed E-state index contributed by atoms with van der Waals surface area (Å²) < 4.78 is 32.7. The summed E-state index contributed by atoms with van der Waals surface area (Å²) in [6.07, 6.45) is -0.331. The van der Waals surface area contributed by atoms with E-state index >= 15 is 0 Å². The number of aliphatic carboxylic acids is 1. The molecule has 2 aromatic rings. The first-order valence-electron chi connectivity index (χ1n) is 6.04. The van der Waals surface area contributed by atoms with Gasteiger partial charge < -0.3 is 9.52 Å². The van der Waals surface area contributed by atoms with Gasteiger partial charge in [-0.3, -0.25) is 9.36 Å². The number of aryl methyl sites for hydroxylation is 1. The topological polar surface area (TPSA) is 119 Å². The molecule has 1 aromatic carbocycles. The second kappa shape index (κ2) is 5.34.